The van der Waals surface area contributed by atoms with Crippen LogP contribution in [0.2, 0.25) is 0 Å². The molecule has 12 heavy (non-hydrogen) atoms. The number of fused-ring (bicyclic) bond motifs is 1. The van der Waals surface area contributed by atoms with E-state index in [1.807, 2.05) is 6.26 Å². The van der Waals surface area contributed by atoms with Crippen molar-refractivity contribution in [1.29, 1.82) is 0 Å². The van der Waals surface area contributed by atoms with E-state index in [0.717, 1.165) is 19.4 Å². The van der Waals surface area contributed by atoms with Crippen LogP contribution in [-0.4, -0.2) is 21.2 Å². The molecule has 0 unspecified atom stereocenters. The summed E-state index contributed by atoms with van der Waals surface area (Å²) in [5.74, 6) is 0. The first kappa shape index (κ1) is 8.40. The van der Waals surface area contributed by atoms with Crippen LogP contribution in [-0.2, 0) is 0 Å². The van der Waals surface area contributed by atoms with Gasteiger partial charge in [0.2, 0.25) is 0 Å². The van der Waals surface area contributed by atoms with Crippen molar-refractivity contribution in [2.24, 2.45) is 0 Å². The quantitative estimate of drug-likeness (QED) is 0.740. The maximum atomic E-state index is 4.27. The van der Waals surface area contributed by atoms with Crippen LogP contribution >= 0.6 is 39.0 Å². The number of rotatable bonds is 1. The van der Waals surface area contributed by atoms with Crippen LogP contribution in [0.4, 0.5) is 0 Å². The van der Waals surface area contributed by atoms with Crippen molar-refractivity contribution in [3.8, 4) is 0 Å². The van der Waals surface area contributed by atoms with Gasteiger partial charge in [0.1, 0.15) is 4.60 Å². The Morgan fingerprint density at radius 2 is 2.33 bits per heavy atom. The molecule has 0 aliphatic heterocycles. The summed E-state index contributed by atoms with van der Waals surface area (Å²) in [5.41, 5.74) is 0.721. The molecule has 0 fully saturated rings. The zero-order chi connectivity index (χ0) is 8.55. The van der Waals surface area contributed by atoms with Crippen molar-refractivity contribution in [2.45, 2.75) is 4.34 Å². The highest BCUT2D eigenvalue weighted by Gasteiger charge is 2.04. The van der Waals surface area contributed by atoms with E-state index in [-0.39, 0.29) is 0 Å². The summed E-state index contributed by atoms with van der Waals surface area (Å²) in [6.45, 7) is 0. The maximum Gasteiger partial charge on any atom is 0.191 e. The predicted octanol–water partition coefficient (Wildman–Crippen LogP) is 2.57. The largest absolute Gasteiger partial charge is 0.239 e. The normalized spacial score (nSPS) is 10.8. The molecule has 0 spiro atoms. The van der Waals surface area contributed by atoms with E-state index in [0.29, 0.717) is 0 Å². The lowest BCUT2D eigenvalue weighted by Gasteiger charge is -1.85. The summed E-state index contributed by atoms with van der Waals surface area (Å²) in [4.78, 5) is 13.5. The topological polar surface area (TPSA) is 38.7 Å². The lowest BCUT2D eigenvalue weighted by molar-refractivity contribution is 1.19. The lowest BCUT2D eigenvalue weighted by Crippen LogP contribution is -1.79. The molecule has 0 atom stereocenters. The van der Waals surface area contributed by atoms with Gasteiger partial charge in [0, 0.05) is 0 Å². The van der Waals surface area contributed by atoms with Gasteiger partial charge in [0.15, 0.2) is 14.8 Å². The SMILES string of the molecule is CSc1nc2nc(Br)cnc2s1. The molecule has 0 amide bonds. The zero-order valence-electron chi connectivity index (χ0n) is 6.11. The van der Waals surface area contributed by atoms with Gasteiger partial charge in [-0.1, -0.05) is 23.1 Å². The second-order valence-electron chi connectivity index (χ2n) is 2.01. The fourth-order valence-electron chi connectivity index (χ4n) is 0.772. The molecule has 0 bridgehead atoms. The summed E-state index contributed by atoms with van der Waals surface area (Å²) in [6, 6.07) is 0. The Labute approximate surface area is 85.8 Å². The molecular formula is C6H4BrN3S2. The second-order valence-corrected chi connectivity index (χ2v) is 4.85. The van der Waals surface area contributed by atoms with Crippen molar-refractivity contribution in [3.05, 3.63) is 10.8 Å². The Hall–Kier alpha value is -0.200. The maximum absolute atomic E-state index is 4.27. The molecule has 0 saturated carbocycles. The molecule has 0 aliphatic carbocycles. The van der Waals surface area contributed by atoms with Crippen molar-refractivity contribution in [1.82, 2.24) is 15.0 Å². The standard InChI is InChI=1S/C6H4BrN3S2/c1-11-6-10-4-5(12-6)8-2-3(7)9-4/h2H,1H3. The molecular weight excluding hydrogens is 258 g/mol. The highest BCUT2D eigenvalue weighted by Crippen LogP contribution is 2.25. The van der Waals surface area contributed by atoms with E-state index >= 15 is 0 Å². The van der Waals surface area contributed by atoms with Gasteiger partial charge in [0.25, 0.3) is 0 Å². The second kappa shape index (κ2) is 3.27. The monoisotopic (exact) mass is 261 g/mol. The number of hydrogen-bond acceptors (Lipinski definition) is 5. The van der Waals surface area contributed by atoms with Gasteiger partial charge >= 0.3 is 0 Å². The molecule has 0 radical (unpaired) electrons. The lowest BCUT2D eigenvalue weighted by atomic mass is 10.7. The molecule has 2 aromatic rings. The van der Waals surface area contributed by atoms with E-state index in [1.54, 1.807) is 29.3 Å². The summed E-state index contributed by atoms with van der Waals surface area (Å²) in [6.07, 6.45) is 3.68. The summed E-state index contributed by atoms with van der Waals surface area (Å²) in [5, 5.41) is 0. The first-order valence-electron chi connectivity index (χ1n) is 3.12. The van der Waals surface area contributed by atoms with Crippen molar-refractivity contribution in [3.63, 3.8) is 0 Å². The van der Waals surface area contributed by atoms with Gasteiger partial charge in [-0.2, -0.15) is 0 Å². The number of nitrogens with zero attached hydrogens (tertiary/aromatic N) is 3. The summed E-state index contributed by atoms with van der Waals surface area (Å²) in [7, 11) is 0. The number of hydrogen-bond donors (Lipinski definition) is 0. The van der Waals surface area contributed by atoms with Crippen molar-refractivity contribution < 1.29 is 0 Å². The average Bonchev–Trinajstić information content (AvgIpc) is 2.46. The van der Waals surface area contributed by atoms with E-state index in [4.69, 9.17) is 0 Å². The van der Waals surface area contributed by atoms with Crippen LogP contribution in [0, 0.1) is 0 Å². The number of halogens is 1. The number of aromatic nitrogens is 3. The van der Waals surface area contributed by atoms with E-state index in [9.17, 15) is 0 Å². The Kier molecular flexibility index (Phi) is 2.29. The van der Waals surface area contributed by atoms with Gasteiger partial charge in [-0.3, -0.25) is 0 Å². The number of thioether (sulfide) groups is 1. The molecule has 0 N–H and O–H groups in total. The smallest absolute Gasteiger partial charge is 0.191 e. The molecule has 2 rings (SSSR count). The van der Waals surface area contributed by atoms with Gasteiger partial charge in [0.05, 0.1) is 6.20 Å². The molecule has 6 heteroatoms. The Balaban J connectivity index is 2.67. The van der Waals surface area contributed by atoms with Gasteiger partial charge in [-0.15, -0.1) is 0 Å². The Bertz CT molecular complexity index is 414. The van der Waals surface area contributed by atoms with Crippen LogP contribution in [0.15, 0.2) is 15.1 Å². The molecule has 2 aromatic heterocycles. The third-order valence-corrected chi connectivity index (χ3v) is 3.57. The highest BCUT2D eigenvalue weighted by molar-refractivity contribution is 9.10. The molecule has 0 saturated heterocycles. The molecule has 3 nitrogen and oxygen atoms in total. The summed E-state index contributed by atoms with van der Waals surface area (Å²) < 4.78 is 1.73. The van der Waals surface area contributed by atoms with E-state index < -0.39 is 0 Å². The summed E-state index contributed by atoms with van der Waals surface area (Å²) >= 11 is 6.42. The van der Waals surface area contributed by atoms with Gasteiger partial charge < -0.3 is 0 Å². The Morgan fingerprint density at radius 3 is 3.08 bits per heavy atom. The third kappa shape index (κ3) is 1.46. The van der Waals surface area contributed by atoms with Crippen molar-refractivity contribution in [2.75, 3.05) is 6.26 Å². The minimum Gasteiger partial charge on any atom is -0.239 e. The van der Waals surface area contributed by atoms with Crippen LogP contribution in [0.1, 0.15) is 0 Å². The van der Waals surface area contributed by atoms with E-state index in [1.165, 1.54) is 0 Å². The first-order valence-corrected chi connectivity index (χ1v) is 5.96. The van der Waals surface area contributed by atoms with Gasteiger partial charge in [-0.25, -0.2) is 15.0 Å². The highest BCUT2D eigenvalue weighted by atomic mass is 79.9. The minimum atomic E-state index is 0.721. The van der Waals surface area contributed by atoms with Crippen LogP contribution in [0.3, 0.4) is 0 Å². The fraction of sp³-hybridized carbons (Fsp3) is 0.167. The molecule has 2 heterocycles. The van der Waals surface area contributed by atoms with E-state index in [2.05, 4.69) is 30.9 Å². The molecule has 62 valence electrons. The average molecular weight is 262 g/mol. The molecule has 0 aromatic carbocycles. The third-order valence-electron chi connectivity index (χ3n) is 1.25. The van der Waals surface area contributed by atoms with Crippen molar-refractivity contribution >= 4 is 49.5 Å². The fourth-order valence-corrected chi connectivity index (χ4v) is 2.38. The minimum absolute atomic E-state index is 0.721. The number of thiazole rings is 1. The zero-order valence-corrected chi connectivity index (χ0v) is 9.33. The van der Waals surface area contributed by atoms with Crippen LogP contribution < -0.4 is 0 Å². The first-order chi connectivity index (χ1) is 5.79. The van der Waals surface area contributed by atoms with Crippen LogP contribution in [0.25, 0.3) is 10.5 Å². The Morgan fingerprint density at radius 1 is 1.50 bits per heavy atom. The molecule has 0 aliphatic rings. The van der Waals surface area contributed by atoms with Gasteiger partial charge in [-0.05, 0) is 22.2 Å². The van der Waals surface area contributed by atoms with Crippen LogP contribution in [0.5, 0.6) is 0 Å². The predicted molar refractivity (Wildman–Crippen MR) is 54.7 cm³/mol.